The smallest absolute Gasteiger partial charge is 0.243 e. The minimum Gasteiger partial charge on any atom is -0.355 e. The number of nitrogens with one attached hydrogen (secondary N) is 14. The number of amides is 14. The van der Waals surface area contributed by atoms with Gasteiger partial charge < -0.3 is 166 Å². The molecule has 0 aromatic rings. The van der Waals surface area contributed by atoms with Crippen molar-refractivity contribution < 1.29 is 67.1 Å². The first-order valence-electron chi connectivity index (χ1n) is 49.1. The number of hydrogen-bond donors (Lipinski definition) is 30. The van der Waals surface area contributed by atoms with E-state index in [2.05, 4.69) is 74.4 Å². The quantitative estimate of drug-likeness (QED) is 0.0252. The van der Waals surface area contributed by atoms with Crippen molar-refractivity contribution in [3.8, 4) is 0 Å². The maximum atomic E-state index is 14.6. The van der Waals surface area contributed by atoms with Crippen molar-refractivity contribution >= 4 is 82.7 Å². The Labute approximate surface area is 784 Å². The minimum atomic E-state index is -1.30. The van der Waals surface area contributed by atoms with Crippen molar-refractivity contribution in [3.05, 3.63) is 0 Å². The van der Waals surface area contributed by atoms with Gasteiger partial charge in [-0.3, -0.25) is 67.1 Å². The Morgan fingerprint density at radius 3 is 0.462 bits per heavy atom. The largest absolute Gasteiger partial charge is 0.355 e. The summed E-state index contributed by atoms with van der Waals surface area (Å²) in [6, 6.07) is -13.6. The normalized spacial score (nSPS) is 14.5. The number of rotatable bonds is 87. The van der Waals surface area contributed by atoms with E-state index in [9.17, 15) is 67.1 Å². The molecule has 0 aliphatic heterocycles. The van der Waals surface area contributed by atoms with Gasteiger partial charge in [0.15, 0.2) is 0 Å². The average molecular weight is 1880 g/mol. The van der Waals surface area contributed by atoms with Crippen molar-refractivity contribution in [2.45, 2.75) is 367 Å². The second-order valence-corrected chi connectivity index (χ2v) is 34.5. The molecule has 0 aliphatic rings. The molecule has 46 N–H and O–H groups in total. The minimum absolute atomic E-state index is 0.0405. The SMILES string of the molecule is NCCCCC(N)C(=O)NCCCCC(NC(=O)C(N)CCCCN)C(=O)NCCCCC(NC(=O)C(CCCCNC(=O)C(N)CCCCN)NC(=O)C(N)CCCCN)C(=O)NCCCCCCNC(=O)C(CCCCNC(=O)C(CCCCNC(=O)C(N)CCCCN)NC(=O)C(N)CCCCN)NC(=O)C(CCNC(=O)C(N)CCCCN)NC(=O)C(N)CCCCN. The highest BCUT2D eigenvalue weighted by Gasteiger charge is 2.33. The molecule has 0 aromatic carbocycles. The number of nitrogens with two attached hydrogens (primary N) is 16. The second kappa shape index (κ2) is 81.3. The summed E-state index contributed by atoms with van der Waals surface area (Å²) in [4.78, 5) is 191. The maximum Gasteiger partial charge on any atom is 0.243 e. The average Bonchev–Trinajstić information content (AvgIpc) is 0.887. The van der Waals surface area contributed by atoms with Gasteiger partial charge in [0.2, 0.25) is 82.7 Å². The molecule has 44 heteroatoms. The fourth-order valence-electron chi connectivity index (χ4n) is 14.2. The Hall–Kier alpha value is -8.06. The molecule has 0 spiro atoms. The van der Waals surface area contributed by atoms with Crippen LogP contribution in [-0.4, -0.2) is 272 Å². The van der Waals surface area contributed by atoms with E-state index in [1.807, 2.05) is 0 Å². The zero-order chi connectivity index (χ0) is 98.5. The summed E-state index contributed by atoms with van der Waals surface area (Å²) in [6.45, 7) is 4.64. The molecule has 14 amide bonds. The van der Waals surface area contributed by atoms with E-state index in [0.29, 0.717) is 251 Å². The summed E-state index contributed by atoms with van der Waals surface area (Å²) in [5.74, 6) is -7.19. The van der Waals surface area contributed by atoms with E-state index in [1.165, 1.54) is 0 Å². The van der Waals surface area contributed by atoms with E-state index in [4.69, 9.17) is 91.7 Å². The van der Waals surface area contributed by atoms with Gasteiger partial charge in [-0.1, -0.05) is 64.2 Å². The molecular weight excluding hydrogens is 1700 g/mol. The lowest BCUT2D eigenvalue weighted by Gasteiger charge is -2.25. The molecular formula is C88H180N30O14. The van der Waals surface area contributed by atoms with Gasteiger partial charge in [0.25, 0.3) is 0 Å². The first kappa shape index (κ1) is 124. The lowest BCUT2D eigenvalue weighted by atomic mass is 10.0. The molecule has 0 saturated heterocycles. The second-order valence-electron chi connectivity index (χ2n) is 34.5. The molecule has 14 atom stereocenters. The number of carbonyl (C=O) groups is 14. The Kier molecular flexibility index (Phi) is 76.3. The predicted molar refractivity (Wildman–Crippen MR) is 515 cm³/mol. The summed E-state index contributed by atoms with van der Waals surface area (Å²) in [5.41, 5.74) is 94.8. The van der Waals surface area contributed by atoms with Crippen LogP contribution in [0.1, 0.15) is 283 Å². The molecule has 0 fully saturated rings. The molecule has 0 radical (unpaired) electrons. The van der Waals surface area contributed by atoms with Crippen LogP contribution >= 0.6 is 0 Å². The van der Waals surface area contributed by atoms with E-state index in [0.717, 1.165) is 19.3 Å². The van der Waals surface area contributed by atoms with Crippen LogP contribution < -0.4 is 166 Å². The van der Waals surface area contributed by atoms with E-state index in [1.54, 1.807) is 0 Å². The van der Waals surface area contributed by atoms with Gasteiger partial charge in [-0.2, -0.15) is 0 Å². The van der Waals surface area contributed by atoms with Crippen LogP contribution in [0.3, 0.4) is 0 Å². The fraction of sp³-hybridized carbons (Fsp3) is 0.841. The fourth-order valence-corrected chi connectivity index (χ4v) is 14.2. The summed E-state index contributed by atoms with van der Waals surface area (Å²) in [5, 5.41) is 39.7. The third kappa shape index (κ3) is 62.5. The zero-order valence-corrected chi connectivity index (χ0v) is 79.5. The van der Waals surface area contributed by atoms with Crippen LogP contribution in [0.15, 0.2) is 0 Å². The van der Waals surface area contributed by atoms with E-state index < -0.39 is 150 Å². The Balaban J connectivity index is 7.07. The summed E-state index contributed by atoms with van der Waals surface area (Å²) in [7, 11) is 0. The van der Waals surface area contributed by atoms with Gasteiger partial charge in [0.1, 0.15) is 36.3 Å². The molecule has 132 heavy (non-hydrogen) atoms. The number of unbranched alkanes of at least 4 members (excludes halogenated alkanes) is 16. The van der Waals surface area contributed by atoms with Gasteiger partial charge in [-0.25, -0.2) is 0 Å². The number of carbonyl (C=O) groups excluding carboxylic acids is 14. The Morgan fingerprint density at radius 1 is 0.136 bits per heavy atom. The Bertz CT molecular complexity index is 3160. The van der Waals surface area contributed by atoms with Crippen molar-refractivity contribution in [2.75, 3.05) is 105 Å². The lowest BCUT2D eigenvalue weighted by Crippen LogP contribution is -2.56. The van der Waals surface area contributed by atoms with Crippen LogP contribution in [0.25, 0.3) is 0 Å². The lowest BCUT2D eigenvalue weighted by molar-refractivity contribution is -0.132. The molecule has 14 unspecified atom stereocenters. The third-order valence-corrected chi connectivity index (χ3v) is 22.8. The third-order valence-electron chi connectivity index (χ3n) is 22.8. The van der Waals surface area contributed by atoms with Gasteiger partial charge in [0, 0.05) is 52.4 Å². The van der Waals surface area contributed by atoms with Gasteiger partial charge in [-0.15, -0.1) is 0 Å². The van der Waals surface area contributed by atoms with Crippen LogP contribution in [0, 0.1) is 0 Å². The van der Waals surface area contributed by atoms with Crippen LogP contribution in [0.2, 0.25) is 0 Å². The van der Waals surface area contributed by atoms with Gasteiger partial charge >= 0.3 is 0 Å². The molecule has 0 aromatic heterocycles. The van der Waals surface area contributed by atoms with Crippen molar-refractivity contribution in [3.63, 3.8) is 0 Å². The molecule has 0 rings (SSSR count). The first-order valence-corrected chi connectivity index (χ1v) is 49.1. The topological polar surface area (TPSA) is 824 Å². The standard InChI is InChI=1S/C88H180N30O14/c89-45-16-3-31-61(97)75(119)105-55-26-11-39-69(113-79(123)65(101)35-7-20-49-93)83(127)110-58-29-13-41-71(117-87(131)73(115-81(125)67(103)37-9-22-51-95)43-15-28-57-107-77(121)63(99)33-5-18-47-91)85(129)108-53-24-1-2-25-54-109-86(130)72(118-88(132)74(116-82(126)68(104)38-10-23-52-96)44-60-112-78(122)64(100)34-6-19-48-92)42-14-30-59-111-84(128)70(114-80(124)66(102)36-8-21-50-94)40-12-27-56-106-76(120)62(98)32-4-17-46-90/h61-74H,1-60,89-104H2,(H,105,119)(H,106,120)(H,107,121)(H,108,129)(H,109,130)(H,110,127)(H,111,128)(H,112,122)(H,113,123)(H,114,124)(H,115,125)(H,116,126)(H,117,131)(H,118,132). The molecule has 766 valence electrons. The summed E-state index contributed by atoms with van der Waals surface area (Å²) >= 11 is 0. The Morgan fingerprint density at radius 2 is 0.273 bits per heavy atom. The highest BCUT2D eigenvalue weighted by atomic mass is 16.2. The van der Waals surface area contributed by atoms with Crippen LogP contribution in [0.5, 0.6) is 0 Å². The number of hydrogen-bond acceptors (Lipinski definition) is 30. The molecule has 44 nitrogen and oxygen atoms in total. The molecule has 0 bridgehead atoms. The van der Waals surface area contributed by atoms with Crippen molar-refractivity contribution in [1.82, 2.24) is 74.4 Å². The highest BCUT2D eigenvalue weighted by molar-refractivity contribution is 5.95. The maximum absolute atomic E-state index is 14.6. The first-order chi connectivity index (χ1) is 63.4. The van der Waals surface area contributed by atoms with Gasteiger partial charge in [-0.05, 0) is 271 Å². The van der Waals surface area contributed by atoms with E-state index >= 15 is 0 Å². The molecule has 0 saturated carbocycles. The van der Waals surface area contributed by atoms with Crippen molar-refractivity contribution in [1.29, 1.82) is 0 Å². The van der Waals surface area contributed by atoms with Crippen LogP contribution in [-0.2, 0) is 67.1 Å². The highest BCUT2D eigenvalue weighted by Crippen LogP contribution is 2.14. The zero-order valence-electron chi connectivity index (χ0n) is 79.5. The van der Waals surface area contributed by atoms with Gasteiger partial charge in [0.05, 0.1) is 48.3 Å². The van der Waals surface area contributed by atoms with E-state index in [-0.39, 0.29) is 134 Å². The monoisotopic (exact) mass is 1880 g/mol. The molecule has 0 heterocycles. The summed E-state index contributed by atoms with van der Waals surface area (Å²) in [6.07, 6.45) is 19.5. The predicted octanol–water partition coefficient (Wildman–Crippen LogP) is -5.72. The summed E-state index contributed by atoms with van der Waals surface area (Å²) < 4.78 is 0. The van der Waals surface area contributed by atoms with Crippen molar-refractivity contribution in [2.24, 2.45) is 91.7 Å². The van der Waals surface area contributed by atoms with Crippen LogP contribution in [0.4, 0.5) is 0 Å². The molecule has 0 aliphatic carbocycles.